The van der Waals surface area contributed by atoms with Gasteiger partial charge in [0, 0.05) is 28.4 Å². The summed E-state index contributed by atoms with van der Waals surface area (Å²) >= 11 is 0. The average Bonchev–Trinajstić information content (AvgIpc) is 3.07. The molecule has 0 saturated carbocycles. The van der Waals surface area contributed by atoms with E-state index in [-0.39, 0.29) is 0 Å². The van der Waals surface area contributed by atoms with Crippen LogP contribution >= 0.6 is 0 Å². The monoisotopic (exact) mass is 540 g/mol. The zero-order chi connectivity index (χ0) is 28.1. The number of fused-ring (bicyclic) bond motifs is 1. The molecule has 2 heteroatoms. The summed E-state index contributed by atoms with van der Waals surface area (Å²) in [6, 6.07) is 52.0. The first-order chi connectivity index (χ1) is 20.8. The minimum atomic E-state index is 1.06. The van der Waals surface area contributed by atoms with Crippen molar-refractivity contribution in [3.63, 3.8) is 0 Å². The highest BCUT2D eigenvalue weighted by molar-refractivity contribution is 5.87. The van der Waals surface area contributed by atoms with E-state index in [0.29, 0.717) is 0 Å². The van der Waals surface area contributed by atoms with Crippen molar-refractivity contribution in [1.29, 1.82) is 0 Å². The van der Waals surface area contributed by atoms with Crippen LogP contribution in [-0.2, 0) is 0 Å². The van der Waals surface area contributed by atoms with Gasteiger partial charge in [-0.1, -0.05) is 103 Å². The molecule has 0 heterocycles. The molecule has 0 amide bonds. The van der Waals surface area contributed by atoms with Gasteiger partial charge < -0.3 is 10.2 Å². The molecule has 0 saturated heterocycles. The second-order valence-electron chi connectivity index (χ2n) is 10.7. The molecule has 2 nitrogen and oxygen atoms in total. The lowest BCUT2D eigenvalue weighted by atomic mass is 9.97. The molecule has 0 bridgehead atoms. The maximum atomic E-state index is 3.58. The fraction of sp³-hybridized carbons (Fsp3) is 0.0500. The highest BCUT2D eigenvalue weighted by Crippen LogP contribution is 2.37. The first-order valence-electron chi connectivity index (χ1n) is 14.6. The fourth-order valence-corrected chi connectivity index (χ4v) is 5.68. The number of allylic oxidation sites excluding steroid dienone is 4. The average molecular weight is 541 g/mol. The van der Waals surface area contributed by atoms with Crippen LogP contribution in [0.15, 0.2) is 164 Å². The van der Waals surface area contributed by atoms with Crippen molar-refractivity contribution >= 4 is 44.8 Å². The first-order valence-corrected chi connectivity index (χ1v) is 14.6. The standard InChI is InChI=1S/C40H32N2/c1-3-9-30(10-4-1)33-16-23-38(24-17-33)42(39-25-18-34(19-26-39)31-11-5-2-6-12-31)40-27-21-36(22-28-40)41-37-20-15-32-13-7-8-14-35(32)29-37/h1-5,7-11,13-29,41H,6,12H2. The van der Waals surface area contributed by atoms with E-state index in [1.54, 1.807) is 0 Å². The molecule has 7 rings (SSSR count). The topological polar surface area (TPSA) is 15.3 Å². The van der Waals surface area contributed by atoms with Crippen LogP contribution < -0.4 is 10.2 Å². The van der Waals surface area contributed by atoms with Crippen molar-refractivity contribution in [1.82, 2.24) is 0 Å². The Kier molecular flexibility index (Phi) is 7.10. The molecule has 6 aromatic rings. The zero-order valence-corrected chi connectivity index (χ0v) is 23.4. The van der Waals surface area contributed by atoms with Crippen LogP contribution in [0, 0.1) is 0 Å². The van der Waals surface area contributed by atoms with Gasteiger partial charge in [-0.15, -0.1) is 0 Å². The third kappa shape index (κ3) is 5.48. The number of nitrogens with zero attached hydrogens (tertiary/aromatic N) is 1. The lowest BCUT2D eigenvalue weighted by Crippen LogP contribution is -2.10. The van der Waals surface area contributed by atoms with E-state index in [1.165, 1.54) is 33.0 Å². The third-order valence-corrected chi connectivity index (χ3v) is 7.91. The molecule has 0 spiro atoms. The van der Waals surface area contributed by atoms with E-state index in [0.717, 1.165) is 41.3 Å². The third-order valence-electron chi connectivity index (χ3n) is 7.91. The molecule has 1 aliphatic carbocycles. The van der Waals surface area contributed by atoms with Crippen LogP contribution in [-0.4, -0.2) is 0 Å². The quantitative estimate of drug-likeness (QED) is 0.217. The molecular weight excluding hydrogens is 508 g/mol. The van der Waals surface area contributed by atoms with E-state index < -0.39 is 0 Å². The molecule has 0 aliphatic heterocycles. The minimum Gasteiger partial charge on any atom is -0.356 e. The first kappa shape index (κ1) is 25.6. The highest BCUT2D eigenvalue weighted by Gasteiger charge is 2.14. The molecule has 0 atom stereocenters. The van der Waals surface area contributed by atoms with E-state index in [2.05, 4.69) is 174 Å². The molecule has 1 N–H and O–H groups in total. The number of benzene rings is 6. The Morgan fingerprint density at radius 2 is 1.05 bits per heavy atom. The van der Waals surface area contributed by atoms with Gasteiger partial charge in [0.1, 0.15) is 0 Å². The highest BCUT2D eigenvalue weighted by atomic mass is 15.1. The smallest absolute Gasteiger partial charge is 0.0463 e. The normalized spacial score (nSPS) is 12.6. The maximum Gasteiger partial charge on any atom is 0.0463 e. The number of rotatable bonds is 7. The van der Waals surface area contributed by atoms with Gasteiger partial charge in [-0.3, -0.25) is 0 Å². The van der Waals surface area contributed by atoms with Gasteiger partial charge in [0.05, 0.1) is 0 Å². The van der Waals surface area contributed by atoms with Gasteiger partial charge in [-0.05, 0) is 107 Å². The summed E-state index contributed by atoms with van der Waals surface area (Å²) in [5, 5.41) is 6.06. The van der Waals surface area contributed by atoms with Crippen molar-refractivity contribution < 1.29 is 0 Å². The van der Waals surface area contributed by atoms with Crippen LogP contribution in [0.25, 0.3) is 27.5 Å². The number of hydrogen-bond acceptors (Lipinski definition) is 2. The summed E-state index contributed by atoms with van der Waals surface area (Å²) in [4.78, 5) is 2.33. The Hall–Kier alpha value is -5.34. The van der Waals surface area contributed by atoms with Crippen LogP contribution in [0.5, 0.6) is 0 Å². The number of anilines is 5. The van der Waals surface area contributed by atoms with Gasteiger partial charge in [0.2, 0.25) is 0 Å². The Balaban J connectivity index is 1.20. The van der Waals surface area contributed by atoms with Gasteiger partial charge in [-0.25, -0.2) is 0 Å². The van der Waals surface area contributed by atoms with Crippen molar-refractivity contribution in [2.75, 3.05) is 10.2 Å². The summed E-state index contributed by atoms with van der Waals surface area (Å²) in [5.74, 6) is 0. The van der Waals surface area contributed by atoms with Crippen LogP contribution in [0.2, 0.25) is 0 Å². The Labute approximate surface area is 247 Å². The van der Waals surface area contributed by atoms with Gasteiger partial charge in [-0.2, -0.15) is 0 Å². The summed E-state index contributed by atoms with van der Waals surface area (Å²) < 4.78 is 0. The van der Waals surface area contributed by atoms with Crippen molar-refractivity contribution in [3.05, 3.63) is 169 Å². The maximum absolute atomic E-state index is 3.58. The predicted molar refractivity (Wildman–Crippen MR) is 180 cm³/mol. The molecule has 0 aromatic heterocycles. The Morgan fingerprint density at radius 3 is 1.71 bits per heavy atom. The summed E-state index contributed by atoms with van der Waals surface area (Å²) in [6.45, 7) is 0. The van der Waals surface area contributed by atoms with Crippen LogP contribution in [0.3, 0.4) is 0 Å². The van der Waals surface area contributed by atoms with Crippen LogP contribution in [0.1, 0.15) is 18.4 Å². The SMILES string of the molecule is C1=CCCC(c2ccc(N(c3ccc(Nc4ccc5ccccc5c4)cc3)c3ccc(-c4ccccc4)cc3)cc2)=C1. The summed E-state index contributed by atoms with van der Waals surface area (Å²) in [5.41, 5.74) is 10.6. The molecule has 6 aromatic carbocycles. The van der Waals surface area contributed by atoms with Gasteiger partial charge in [0.25, 0.3) is 0 Å². The zero-order valence-electron chi connectivity index (χ0n) is 23.4. The second-order valence-corrected chi connectivity index (χ2v) is 10.7. The molecule has 0 fully saturated rings. The second kappa shape index (κ2) is 11.6. The largest absolute Gasteiger partial charge is 0.356 e. The van der Waals surface area contributed by atoms with E-state index in [9.17, 15) is 0 Å². The predicted octanol–water partition coefficient (Wildman–Crippen LogP) is 11.5. The van der Waals surface area contributed by atoms with E-state index in [1.807, 2.05) is 0 Å². The Bertz CT molecular complexity index is 1860. The molecule has 42 heavy (non-hydrogen) atoms. The number of hydrogen-bond donors (Lipinski definition) is 1. The number of nitrogens with one attached hydrogen (secondary N) is 1. The molecule has 0 radical (unpaired) electrons. The fourth-order valence-electron chi connectivity index (χ4n) is 5.68. The van der Waals surface area contributed by atoms with Crippen molar-refractivity contribution in [2.45, 2.75) is 12.8 Å². The van der Waals surface area contributed by atoms with Gasteiger partial charge >= 0.3 is 0 Å². The Morgan fingerprint density at radius 1 is 0.476 bits per heavy atom. The lowest BCUT2D eigenvalue weighted by Gasteiger charge is -2.26. The molecule has 0 unspecified atom stereocenters. The van der Waals surface area contributed by atoms with Gasteiger partial charge in [0.15, 0.2) is 0 Å². The molecular formula is C40H32N2. The van der Waals surface area contributed by atoms with Crippen molar-refractivity contribution in [3.8, 4) is 11.1 Å². The van der Waals surface area contributed by atoms with Crippen molar-refractivity contribution in [2.24, 2.45) is 0 Å². The van der Waals surface area contributed by atoms with E-state index in [4.69, 9.17) is 0 Å². The van der Waals surface area contributed by atoms with E-state index >= 15 is 0 Å². The summed E-state index contributed by atoms with van der Waals surface area (Å²) in [6.07, 6.45) is 8.83. The molecule has 1 aliphatic rings. The lowest BCUT2D eigenvalue weighted by molar-refractivity contribution is 1.05. The molecule has 202 valence electrons. The summed E-state index contributed by atoms with van der Waals surface area (Å²) in [7, 11) is 0. The van der Waals surface area contributed by atoms with Crippen LogP contribution in [0.4, 0.5) is 28.4 Å². The minimum absolute atomic E-state index is 1.06.